The number of nitrogens with zero attached hydrogens (tertiary/aromatic N) is 2. The Morgan fingerprint density at radius 2 is 1.92 bits per heavy atom. The highest BCUT2D eigenvalue weighted by atomic mass is 79.9. The van der Waals surface area contributed by atoms with Crippen molar-refractivity contribution >= 4 is 15.9 Å². The fraction of sp³-hybridized carbons (Fsp3) is 0.111. The van der Waals surface area contributed by atoms with E-state index in [2.05, 4.69) is 21.0 Å². The molecule has 0 spiro atoms. The highest BCUT2D eigenvalue weighted by Gasteiger charge is 2.12. The van der Waals surface area contributed by atoms with Crippen LogP contribution in [-0.4, -0.2) is 16.9 Å². The van der Waals surface area contributed by atoms with Gasteiger partial charge in [-0.05, 0) is 30.3 Å². The number of benzene rings is 2. The highest BCUT2D eigenvalue weighted by molar-refractivity contribution is 9.10. The molecule has 0 saturated carbocycles. The lowest BCUT2D eigenvalue weighted by Gasteiger charge is -2.11. The minimum Gasteiger partial charge on any atom is -0.496 e. The number of ether oxygens (including phenoxy) is 1. The van der Waals surface area contributed by atoms with Crippen LogP contribution in [0, 0.1) is 11.6 Å². The Morgan fingerprint density at radius 3 is 2.64 bits per heavy atom. The molecular weight excluding hydrogens is 394 g/mol. The number of halogens is 3. The van der Waals surface area contributed by atoms with Gasteiger partial charge in [-0.25, -0.2) is 13.5 Å². The zero-order chi connectivity index (χ0) is 18.0. The van der Waals surface area contributed by atoms with Crippen LogP contribution in [0.25, 0.3) is 11.3 Å². The lowest BCUT2D eigenvalue weighted by molar-refractivity contribution is 0.412. The molecule has 128 valence electrons. The normalized spacial score (nSPS) is 10.7. The second-order valence-corrected chi connectivity index (χ2v) is 6.21. The topological polar surface area (TPSA) is 44.1 Å². The van der Waals surface area contributed by atoms with E-state index in [0.29, 0.717) is 27.0 Å². The molecule has 0 radical (unpaired) electrons. The Kier molecular flexibility index (Phi) is 4.94. The molecule has 0 aliphatic heterocycles. The van der Waals surface area contributed by atoms with Crippen molar-refractivity contribution in [3.05, 3.63) is 80.6 Å². The Bertz CT molecular complexity index is 989. The Balaban J connectivity index is 2.03. The molecule has 25 heavy (non-hydrogen) atoms. The first-order valence-corrected chi connectivity index (χ1v) is 8.13. The molecule has 0 unspecified atom stereocenters. The smallest absolute Gasteiger partial charge is 0.267 e. The van der Waals surface area contributed by atoms with E-state index < -0.39 is 11.6 Å². The van der Waals surface area contributed by atoms with Crippen molar-refractivity contribution in [2.24, 2.45) is 0 Å². The Hall–Kier alpha value is -2.54. The second kappa shape index (κ2) is 7.14. The van der Waals surface area contributed by atoms with Crippen molar-refractivity contribution in [2.45, 2.75) is 6.54 Å². The summed E-state index contributed by atoms with van der Waals surface area (Å²) in [5.41, 5.74) is 0.927. The van der Waals surface area contributed by atoms with E-state index >= 15 is 0 Å². The van der Waals surface area contributed by atoms with Crippen LogP contribution in [0.3, 0.4) is 0 Å². The summed E-state index contributed by atoms with van der Waals surface area (Å²) in [5, 5.41) is 4.26. The molecule has 4 nitrogen and oxygen atoms in total. The number of methoxy groups -OCH3 is 1. The molecule has 0 atom stereocenters. The van der Waals surface area contributed by atoms with Gasteiger partial charge in [0.2, 0.25) is 0 Å². The van der Waals surface area contributed by atoms with Crippen LogP contribution in [0.5, 0.6) is 5.75 Å². The van der Waals surface area contributed by atoms with Crippen molar-refractivity contribution in [1.82, 2.24) is 9.78 Å². The maximum Gasteiger partial charge on any atom is 0.267 e. The minimum atomic E-state index is -0.439. The molecule has 3 aromatic rings. The van der Waals surface area contributed by atoms with E-state index in [9.17, 15) is 13.6 Å². The van der Waals surface area contributed by atoms with Gasteiger partial charge in [0.25, 0.3) is 5.56 Å². The summed E-state index contributed by atoms with van der Waals surface area (Å²) >= 11 is 3.19. The molecule has 0 N–H and O–H groups in total. The van der Waals surface area contributed by atoms with Gasteiger partial charge in [-0.15, -0.1) is 0 Å². The molecule has 0 amide bonds. The van der Waals surface area contributed by atoms with Crippen molar-refractivity contribution in [2.75, 3.05) is 7.11 Å². The molecule has 0 aliphatic rings. The van der Waals surface area contributed by atoms with Gasteiger partial charge in [0.15, 0.2) is 0 Å². The van der Waals surface area contributed by atoms with Crippen LogP contribution in [-0.2, 0) is 6.54 Å². The molecule has 1 heterocycles. The van der Waals surface area contributed by atoms with Crippen LogP contribution < -0.4 is 10.3 Å². The SMILES string of the molecule is COc1cc(F)ccc1-c1ccc(=O)n(Cc2ccc(Br)cc2F)n1. The standard InChI is InChI=1S/C18H13BrF2N2O2/c1-25-17-9-13(20)4-5-14(17)16-6-7-18(24)23(22-16)10-11-2-3-12(19)8-15(11)21/h2-9H,10H2,1H3. The minimum absolute atomic E-state index is 0.0186. The number of hydrogen-bond donors (Lipinski definition) is 0. The monoisotopic (exact) mass is 406 g/mol. The first-order valence-electron chi connectivity index (χ1n) is 7.34. The maximum absolute atomic E-state index is 14.0. The molecule has 0 saturated heterocycles. The molecule has 3 rings (SSSR count). The Morgan fingerprint density at radius 1 is 1.12 bits per heavy atom. The van der Waals surface area contributed by atoms with E-state index in [1.54, 1.807) is 12.1 Å². The Labute approximate surface area is 150 Å². The van der Waals surface area contributed by atoms with Gasteiger partial charge in [0.1, 0.15) is 17.4 Å². The summed E-state index contributed by atoms with van der Waals surface area (Å²) in [4.78, 5) is 12.1. The molecular formula is C18H13BrF2N2O2. The third-order valence-electron chi connectivity index (χ3n) is 3.64. The lowest BCUT2D eigenvalue weighted by atomic mass is 10.1. The summed E-state index contributed by atoms with van der Waals surface area (Å²) < 4.78 is 34.3. The molecule has 7 heteroatoms. The molecule has 2 aromatic carbocycles. The predicted molar refractivity (Wildman–Crippen MR) is 93.6 cm³/mol. The molecule has 1 aromatic heterocycles. The van der Waals surface area contributed by atoms with Crippen LogP contribution in [0.2, 0.25) is 0 Å². The number of rotatable bonds is 4. The van der Waals surface area contributed by atoms with Gasteiger partial charge in [-0.1, -0.05) is 22.0 Å². The van der Waals surface area contributed by atoms with E-state index in [0.717, 1.165) is 4.68 Å². The third kappa shape index (κ3) is 3.76. The summed E-state index contributed by atoms with van der Waals surface area (Å²) in [7, 11) is 1.42. The number of aromatic nitrogens is 2. The average molecular weight is 407 g/mol. The summed E-state index contributed by atoms with van der Waals surface area (Å²) in [6.45, 7) is -0.0186. The van der Waals surface area contributed by atoms with Crippen LogP contribution in [0.15, 0.2) is 57.8 Å². The highest BCUT2D eigenvalue weighted by Crippen LogP contribution is 2.28. The zero-order valence-electron chi connectivity index (χ0n) is 13.2. The lowest BCUT2D eigenvalue weighted by Crippen LogP contribution is -2.23. The summed E-state index contributed by atoms with van der Waals surface area (Å²) in [6, 6.07) is 11.5. The van der Waals surface area contributed by atoms with Crippen molar-refractivity contribution in [3.8, 4) is 17.0 Å². The van der Waals surface area contributed by atoms with Crippen molar-refractivity contribution in [1.29, 1.82) is 0 Å². The second-order valence-electron chi connectivity index (χ2n) is 5.29. The van der Waals surface area contributed by atoms with E-state index in [4.69, 9.17) is 4.74 Å². The average Bonchev–Trinajstić information content (AvgIpc) is 2.59. The summed E-state index contributed by atoms with van der Waals surface area (Å²) in [5.74, 6) is -0.578. The number of hydrogen-bond acceptors (Lipinski definition) is 3. The predicted octanol–water partition coefficient (Wildman–Crippen LogP) is 4.01. The quantitative estimate of drug-likeness (QED) is 0.657. The van der Waals surface area contributed by atoms with Gasteiger partial charge in [0.05, 0.1) is 19.3 Å². The molecule has 0 aliphatic carbocycles. The zero-order valence-corrected chi connectivity index (χ0v) is 14.8. The first kappa shape index (κ1) is 17.3. The first-order chi connectivity index (χ1) is 12.0. The summed E-state index contributed by atoms with van der Waals surface area (Å²) in [6.07, 6.45) is 0. The van der Waals surface area contributed by atoms with E-state index in [1.165, 1.54) is 43.5 Å². The van der Waals surface area contributed by atoms with E-state index in [1.807, 2.05) is 0 Å². The van der Waals surface area contributed by atoms with Gasteiger partial charge in [-0.3, -0.25) is 4.79 Å². The molecule has 0 bridgehead atoms. The van der Waals surface area contributed by atoms with Crippen molar-refractivity contribution in [3.63, 3.8) is 0 Å². The van der Waals surface area contributed by atoms with Gasteiger partial charge in [0, 0.05) is 27.7 Å². The van der Waals surface area contributed by atoms with E-state index in [-0.39, 0.29) is 12.1 Å². The fourth-order valence-corrected chi connectivity index (χ4v) is 2.73. The molecule has 0 fully saturated rings. The fourth-order valence-electron chi connectivity index (χ4n) is 2.39. The van der Waals surface area contributed by atoms with Crippen molar-refractivity contribution < 1.29 is 13.5 Å². The van der Waals surface area contributed by atoms with Crippen LogP contribution >= 0.6 is 15.9 Å². The van der Waals surface area contributed by atoms with Gasteiger partial charge >= 0.3 is 0 Å². The van der Waals surface area contributed by atoms with Gasteiger partial charge < -0.3 is 4.74 Å². The third-order valence-corrected chi connectivity index (χ3v) is 4.13. The van der Waals surface area contributed by atoms with Crippen LogP contribution in [0.1, 0.15) is 5.56 Å². The van der Waals surface area contributed by atoms with Gasteiger partial charge in [-0.2, -0.15) is 5.10 Å². The van der Waals surface area contributed by atoms with Crippen LogP contribution in [0.4, 0.5) is 8.78 Å². The largest absolute Gasteiger partial charge is 0.496 e. The maximum atomic E-state index is 14.0.